The summed E-state index contributed by atoms with van der Waals surface area (Å²) in [6, 6.07) is 0. The average Bonchev–Trinajstić information content (AvgIpc) is 1.69. The van der Waals surface area contributed by atoms with Crippen LogP contribution in [0, 0.1) is 5.21 Å². The van der Waals surface area contributed by atoms with Crippen LogP contribution in [0.1, 0.15) is 13.3 Å². The summed E-state index contributed by atoms with van der Waals surface area (Å²) in [6.45, 7) is 1.97. The van der Waals surface area contributed by atoms with Crippen LogP contribution < -0.4 is 0 Å². The van der Waals surface area contributed by atoms with Gasteiger partial charge >= 0.3 is 0 Å². The Kier molecular flexibility index (Phi) is 3.69. The highest BCUT2D eigenvalue weighted by molar-refractivity contribution is 8.13. The molecule has 0 saturated heterocycles. The van der Waals surface area contributed by atoms with Gasteiger partial charge in [-0.1, -0.05) is 18.7 Å². The molecule has 8 heavy (non-hydrogen) atoms. The third-order valence-corrected chi connectivity index (χ3v) is 1.91. The van der Waals surface area contributed by atoms with Gasteiger partial charge in [-0.2, -0.15) is 0 Å². The van der Waals surface area contributed by atoms with E-state index in [9.17, 15) is 5.21 Å². The molecule has 2 nitrogen and oxygen atoms in total. The molecule has 0 N–H and O–H groups in total. The third kappa shape index (κ3) is 2.21. The second-order valence-corrected chi connectivity index (χ2v) is 2.33. The first-order valence-electron chi connectivity index (χ1n) is 2.53. The summed E-state index contributed by atoms with van der Waals surface area (Å²) in [5, 5.41) is 11.3. The Morgan fingerprint density at radius 3 is 2.25 bits per heavy atom. The molecule has 0 rings (SSSR count). The molecule has 0 saturated carbocycles. The van der Waals surface area contributed by atoms with E-state index in [-0.39, 0.29) is 0 Å². The first kappa shape index (κ1) is 7.82. The number of rotatable bonds is 1. The monoisotopic (exact) mass is 133 g/mol. The maximum atomic E-state index is 10.5. The van der Waals surface area contributed by atoms with Gasteiger partial charge in [-0.05, 0) is 6.26 Å². The first-order chi connectivity index (χ1) is 3.72. The maximum Gasteiger partial charge on any atom is 0.220 e. The van der Waals surface area contributed by atoms with Crippen molar-refractivity contribution < 1.29 is 4.74 Å². The molecule has 0 spiro atoms. The van der Waals surface area contributed by atoms with Gasteiger partial charge in [0.25, 0.3) is 0 Å². The second kappa shape index (κ2) is 3.78. The molecule has 0 aromatic rings. The smallest absolute Gasteiger partial charge is 0.220 e. The molecule has 0 aliphatic carbocycles. The Hall–Kier alpha value is -0.180. The van der Waals surface area contributed by atoms with E-state index in [1.54, 1.807) is 0 Å². The Morgan fingerprint density at radius 1 is 1.75 bits per heavy atom. The summed E-state index contributed by atoms with van der Waals surface area (Å²) >= 11 is 1.51. The van der Waals surface area contributed by atoms with Gasteiger partial charge in [0.2, 0.25) is 5.04 Å². The zero-order chi connectivity index (χ0) is 6.57. The van der Waals surface area contributed by atoms with Gasteiger partial charge in [0.05, 0.1) is 0 Å². The minimum absolute atomic E-state index is 0.834. The number of nitrogens with zero attached hydrogens (tertiary/aromatic N) is 1. The lowest BCUT2D eigenvalue weighted by Gasteiger charge is -1.99. The van der Waals surface area contributed by atoms with Crippen LogP contribution in [-0.4, -0.2) is 23.1 Å². The van der Waals surface area contributed by atoms with Crippen LogP contribution >= 0.6 is 11.8 Å². The fourth-order valence-corrected chi connectivity index (χ4v) is 1.04. The molecule has 48 valence electrons. The van der Waals surface area contributed by atoms with E-state index in [2.05, 4.69) is 0 Å². The van der Waals surface area contributed by atoms with Crippen molar-refractivity contribution in [3.05, 3.63) is 5.21 Å². The lowest BCUT2D eigenvalue weighted by molar-refractivity contribution is -0.420. The molecule has 0 amide bonds. The summed E-state index contributed by atoms with van der Waals surface area (Å²) in [4.78, 5) is 0. The van der Waals surface area contributed by atoms with Gasteiger partial charge in [-0.15, -0.1) is 0 Å². The Balaban J connectivity index is 3.86. The highest BCUT2D eigenvalue weighted by Gasteiger charge is 1.97. The van der Waals surface area contributed by atoms with Crippen LogP contribution in [0.25, 0.3) is 0 Å². The van der Waals surface area contributed by atoms with Crippen LogP contribution in [-0.2, 0) is 0 Å². The average molecular weight is 133 g/mol. The lowest BCUT2D eigenvalue weighted by Crippen LogP contribution is -2.05. The summed E-state index contributed by atoms with van der Waals surface area (Å²) in [5.74, 6) is 0. The quantitative estimate of drug-likeness (QED) is 0.177. The van der Waals surface area contributed by atoms with Crippen LogP contribution in [0.15, 0.2) is 0 Å². The largest absolute Gasteiger partial charge is 0.623 e. The highest BCUT2D eigenvalue weighted by Crippen LogP contribution is 1.99. The molecule has 0 atom stereocenters. The fraction of sp³-hybridized carbons (Fsp3) is 0.800. The van der Waals surface area contributed by atoms with Crippen molar-refractivity contribution >= 4 is 16.8 Å². The van der Waals surface area contributed by atoms with Crippen molar-refractivity contribution in [3.63, 3.8) is 0 Å². The van der Waals surface area contributed by atoms with Crippen LogP contribution in [0.5, 0.6) is 0 Å². The third-order valence-electron chi connectivity index (χ3n) is 0.889. The molecule has 0 aromatic heterocycles. The van der Waals surface area contributed by atoms with Crippen molar-refractivity contribution in [1.82, 2.24) is 0 Å². The van der Waals surface area contributed by atoms with E-state index in [1.807, 2.05) is 13.2 Å². The molecular weight excluding hydrogens is 122 g/mol. The standard InChI is InChI=1S/C5H11NOS/c1-4-5(8-3)6(2)7/h4H2,1-3H3/b6-5-. The van der Waals surface area contributed by atoms with Crippen LogP contribution in [0.2, 0.25) is 0 Å². The second-order valence-electron chi connectivity index (χ2n) is 1.45. The molecule has 0 heterocycles. The van der Waals surface area contributed by atoms with E-state index in [1.165, 1.54) is 18.8 Å². The number of hydroxylamine groups is 1. The van der Waals surface area contributed by atoms with E-state index < -0.39 is 0 Å². The molecule has 0 unspecified atom stereocenters. The first-order valence-corrected chi connectivity index (χ1v) is 3.75. The Morgan fingerprint density at radius 2 is 2.25 bits per heavy atom. The predicted octanol–water partition coefficient (Wildman–Crippen LogP) is 1.30. The van der Waals surface area contributed by atoms with Crippen molar-refractivity contribution in [2.75, 3.05) is 13.3 Å². The maximum absolute atomic E-state index is 10.5. The fourth-order valence-electron chi connectivity index (χ4n) is 0.496. The van der Waals surface area contributed by atoms with E-state index in [4.69, 9.17) is 0 Å². The van der Waals surface area contributed by atoms with Crippen molar-refractivity contribution in [2.24, 2.45) is 0 Å². The molecule has 3 heteroatoms. The zero-order valence-electron chi connectivity index (χ0n) is 5.47. The normalized spacial score (nSPS) is 13.4. The van der Waals surface area contributed by atoms with Crippen LogP contribution in [0.4, 0.5) is 0 Å². The molecule has 0 aliphatic heterocycles. The summed E-state index contributed by atoms with van der Waals surface area (Å²) in [7, 11) is 1.52. The van der Waals surface area contributed by atoms with E-state index >= 15 is 0 Å². The van der Waals surface area contributed by atoms with Crippen molar-refractivity contribution in [1.29, 1.82) is 0 Å². The lowest BCUT2D eigenvalue weighted by atomic mass is 10.5. The van der Waals surface area contributed by atoms with Gasteiger partial charge < -0.3 is 5.21 Å². The Bertz CT molecular complexity index is 90.6. The molecule has 0 bridgehead atoms. The highest BCUT2D eigenvalue weighted by atomic mass is 32.2. The number of thioether (sulfide) groups is 1. The minimum Gasteiger partial charge on any atom is -0.623 e. The van der Waals surface area contributed by atoms with E-state index in [0.717, 1.165) is 16.2 Å². The molecule has 0 aromatic carbocycles. The molecule has 0 aliphatic rings. The minimum atomic E-state index is 0.834. The molecular formula is C5H11NOS. The number of hydrogen-bond acceptors (Lipinski definition) is 2. The number of hydrogen-bond donors (Lipinski definition) is 0. The summed E-state index contributed by atoms with van der Waals surface area (Å²) < 4.78 is 0.907. The topological polar surface area (TPSA) is 26.1 Å². The predicted molar refractivity (Wildman–Crippen MR) is 38.4 cm³/mol. The van der Waals surface area contributed by atoms with Gasteiger partial charge in [0, 0.05) is 6.42 Å². The molecule has 0 fully saturated rings. The van der Waals surface area contributed by atoms with Gasteiger partial charge in [-0.3, -0.25) is 0 Å². The van der Waals surface area contributed by atoms with Crippen LogP contribution in [0.3, 0.4) is 0 Å². The SMILES string of the molecule is CC/C(SC)=[N+](\C)[O-]. The summed E-state index contributed by atoms with van der Waals surface area (Å²) in [6.07, 6.45) is 2.74. The molecule has 0 radical (unpaired) electrons. The van der Waals surface area contributed by atoms with Gasteiger partial charge in [0.1, 0.15) is 7.05 Å². The zero-order valence-corrected chi connectivity index (χ0v) is 6.29. The summed E-state index contributed by atoms with van der Waals surface area (Å²) in [5.41, 5.74) is 0. The van der Waals surface area contributed by atoms with Gasteiger partial charge in [0.15, 0.2) is 0 Å². The van der Waals surface area contributed by atoms with E-state index in [0.29, 0.717) is 0 Å². The van der Waals surface area contributed by atoms with Crippen molar-refractivity contribution in [2.45, 2.75) is 13.3 Å². The Labute approximate surface area is 54.2 Å². The van der Waals surface area contributed by atoms with Gasteiger partial charge in [-0.25, -0.2) is 4.74 Å². The van der Waals surface area contributed by atoms with Crippen molar-refractivity contribution in [3.8, 4) is 0 Å².